The lowest BCUT2D eigenvalue weighted by molar-refractivity contribution is 0.0785. The first-order chi connectivity index (χ1) is 12.7. The summed E-state index contributed by atoms with van der Waals surface area (Å²) >= 11 is 12.3. The van der Waals surface area contributed by atoms with Crippen LogP contribution in [0.3, 0.4) is 0 Å². The molecule has 2 aromatic carbocycles. The SMILES string of the molecule is CCN(CC)S(=O)(=O)c1cc(C(=O)N(C)Cc2ccccc2Cl)ccc1Cl. The van der Waals surface area contributed by atoms with Crippen LogP contribution in [0.15, 0.2) is 47.4 Å². The second-order valence-electron chi connectivity index (χ2n) is 5.99. The third kappa shape index (κ3) is 4.82. The number of halogens is 2. The lowest BCUT2D eigenvalue weighted by Crippen LogP contribution is -2.31. The van der Waals surface area contributed by atoms with Crippen molar-refractivity contribution in [2.24, 2.45) is 0 Å². The van der Waals surface area contributed by atoms with E-state index in [1.54, 1.807) is 27.0 Å². The van der Waals surface area contributed by atoms with E-state index in [1.165, 1.54) is 27.4 Å². The molecule has 0 bridgehead atoms. The number of amides is 1. The van der Waals surface area contributed by atoms with Gasteiger partial charge in [-0.25, -0.2) is 8.42 Å². The zero-order chi connectivity index (χ0) is 20.2. The van der Waals surface area contributed by atoms with Gasteiger partial charge in [0.1, 0.15) is 4.90 Å². The lowest BCUT2D eigenvalue weighted by atomic mass is 10.1. The summed E-state index contributed by atoms with van der Waals surface area (Å²) in [7, 11) is -2.13. The summed E-state index contributed by atoms with van der Waals surface area (Å²) in [5, 5.41) is 0.658. The van der Waals surface area contributed by atoms with Crippen molar-refractivity contribution in [1.82, 2.24) is 9.21 Å². The molecule has 0 heterocycles. The molecule has 2 rings (SSSR count). The van der Waals surface area contributed by atoms with Crippen LogP contribution in [0.4, 0.5) is 0 Å². The molecule has 0 spiro atoms. The predicted octanol–water partition coefficient (Wildman–Crippen LogP) is 4.30. The van der Waals surface area contributed by atoms with Crippen molar-refractivity contribution < 1.29 is 13.2 Å². The topological polar surface area (TPSA) is 57.7 Å². The molecule has 0 saturated carbocycles. The van der Waals surface area contributed by atoms with Crippen molar-refractivity contribution in [2.45, 2.75) is 25.3 Å². The summed E-state index contributed by atoms with van der Waals surface area (Å²) in [5.74, 6) is -0.317. The average molecular weight is 429 g/mol. The van der Waals surface area contributed by atoms with Gasteiger partial charge in [-0.15, -0.1) is 0 Å². The van der Waals surface area contributed by atoms with E-state index in [-0.39, 0.29) is 21.4 Å². The Morgan fingerprint density at radius 2 is 1.63 bits per heavy atom. The maximum absolute atomic E-state index is 12.8. The van der Waals surface area contributed by atoms with Crippen molar-refractivity contribution in [1.29, 1.82) is 0 Å². The summed E-state index contributed by atoms with van der Waals surface area (Å²) in [6.45, 7) is 4.45. The van der Waals surface area contributed by atoms with E-state index in [0.717, 1.165) is 5.56 Å². The van der Waals surface area contributed by atoms with Gasteiger partial charge in [0.05, 0.1) is 5.02 Å². The Kier molecular flexibility index (Phi) is 7.28. The van der Waals surface area contributed by atoms with Crippen LogP contribution in [-0.4, -0.2) is 43.7 Å². The van der Waals surface area contributed by atoms with E-state index in [1.807, 2.05) is 18.2 Å². The van der Waals surface area contributed by atoms with Gasteiger partial charge in [0.2, 0.25) is 10.0 Å². The van der Waals surface area contributed by atoms with Crippen molar-refractivity contribution >= 4 is 39.1 Å². The molecule has 146 valence electrons. The Morgan fingerprint density at radius 1 is 1.00 bits per heavy atom. The van der Waals surface area contributed by atoms with Gasteiger partial charge in [0.25, 0.3) is 5.91 Å². The molecular formula is C19H22Cl2N2O3S. The van der Waals surface area contributed by atoms with E-state index in [0.29, 0.717) is 24.7 Å². The van der Waals surface area contributed by atoms with Crippen LogP contribution >= 0.6 is 23.2 Å². The van der Waals surface area contributed by atoms with Crippen molar-refractivity contribution in [3.05, 3.63) is 63.6 Å². The van der Waals surface area contributed by atoms with Crippen molar-refractivity contribution in [3.8, 4) is 0 Å². The quantitative estimate of drug-likeness (QED) is 0.660. The molecule has 0 aliphatic heterocycles. The molecule has 8 heteroatoms. The molecule has 5 nitrogen and oxygen atoms in total. The van der Waals surface area contributed by atoms with Crippen LogP contribution in [0.5, 0.6) is 0 Å². The molecule has 0 aromatic heterocycles. The van der Waals surface area contributed by atoms with E-state index in [9.17, 15) is 13.2 Å². The molecule has 0 saturated heterocycles. The number of carbonyl (C=O) groups is 1. The standard InChI is InChI=1S/C19H22Cl2N2O3S/c1-4-23(5-2)27(25,26)18-12-14(10-11-17(18)21)19(24)22(3)13-15-8-6-7-9-16(15)20/h6-12H,4-5,13H2,1-3H3. The predicted molar refractivity (Wildman–Crippen MR) is 109 cm³/mol. The Balaban J connectivity index is 2.34. The van der Waals surface area contributed by atoms with Gasteiger partial charge < -0.3 is 4.90 Å². The minimum Gasteiger partial charge on any atom is -0.337 e. The highest BCUT2D eigenvalue weighted by Crippen LogP contribution is 2.27. The van der Waals surface area contributed by atoms with E-state index < -0.39 is 10.0 Å². The first-order valence-corrected chi connectivity index (χ1v) is 10.7. The van der Waals surface area contributed by atoms with Crippen LogP contribution < -0.4 is 0 Å². The summed E-state index contributed by atoms with van der Waals surface area (Å²) < 4.78 is 26.9. The highest BCUT2D eigenvalue weighted by Gasteiger charge is 2.26. The lowest BCUT2D eigenvalue weighted by Gasteiger charge is -2.21. The van der Waals surface area contributed by atoms with Gasteiger partial charge in [-0.3, -0.25) is 4.79 Å². The molecule has 0 radical (unpaired) electrons. The molecular weight excluding hydrogens is 407 g/mol. The summed E-state index contributed by atoms with van der Waals surface area (Å²) in [4.78, 5) is 14.2. The molecule has 0 N–H and O–H groups in total. The molecule has 0 fully saturated rings. The normalized spacial score (nSPS) is 11.6. The Hall–Kier alpha value is -1.60. The molecule has 0 atom stereocenters. The molecule has 27 heavy (non-hydrogen) atoms. The Labute approximate surface area is 170 Å². The monoisotopic (exact) mass is 428 g/mol. The number of benzene rings is 2. The van der Waals surface area contributed by atoms with Gasteiger partial charge in [0.15, 0.2) is 0 Å². The average Bonchev–Trinajstić information content (AvgIpc) is 2.64. The number of hydrogen-bond acceptors (Lipinski definition) is 3. The van der Waals surface area contributed by atoms with Crippen LogP contribution in [-0.2, 0) is 16.6 Å². The molecule has 0 aliphatic rings. The number of hydrogen-bond donors (Lipinski definition) is 0. The summed E-state index contributed by atoms with van der Waals surface area (Å²) in [5.41, 5.74) is 1.06. The Morgan fingerprint density at radius 3 is 2.22 bits per heavy atom. The maximum Gasteiger partial charge on any atom is 0.253 e. The first-order valence-electron chi connectivity index (χ1n) is 8.50. The largest absolute Gasteiger partial charge is 0.337 e. The third-order valence-corrected chi connectivity index (χ3v) is 7.11. The summed E-state index contributed by atoms with van der Waals surface area (Å²) in [6, 6.07) is 11.6. The van der Waals surface area contributed by atoms with Crippen molar-refractivity contribution in [3.63, 3.8) is 0 Å². The second-order valence-corrected chi connectivity index (χ2v) is 8.71. The van der Waals surface area contributed by atoms with Crippen LogP contribution in [0.1, 0.15) is 29.8 Å². The first kappa shape index (κ1) is 21.7. The minimum absolute atomic E-state index is 0.0649. The zero-order valence-corrected chi connectivity index (χ0v) is 17.8. The highest BCUT2D eigenvalue weighted by molar-refractivity contribution is 7.89. The van der Waals surface area contributed by atoms with Gasteiger partial charge in [-0.2, -0.15) is 4.31 Å². The van der Waals surface area contributed by atoms with E-state index >= 15 is 0 Å². The van der Waals surface area contributed by atoms with Crippen LogP contribution in [0, 0.1) is 0 Å². The number of nitrogens with zero attached hydrogens (tertiary/aromatic N) is 2. The van der Waals surface area contributed by atoms with Crippen LogP contribution in [0.2, 0.25) is 10.0 Å². The van der Waals surface area contributed by atoms with Gasteiger partial charge in [0, 0.05) is 37.3 Å². The third-order valence-electron chi connectivity index (χ3n) is 4.21. The molecule has 1 amide bonds. The highest BCUT2D eigenvalue weighted by atomic mass is 35.5. The number of sulfonamides is 1. The molecule has 0 aliphatic carbocycles. The van der Waals surface area contributed by atoms with Crippen molar-refractivity contribution in [2.75, 3.05) is 20.1 Å². The van der Waals surface area contributed by atoms with Crippen LogP contribution in [0.25, 0.3) is 0 Å². The fourth-order valence-electron chi connectivity index (χ4n) is 2.71. The molecule has 2 aromatic rings. The Bertz CT molecular complexity index is 928. The second kappa shape index (κ2) is 9.06. The van der Waals surface area contributed by atoms with E-state index in [2.05, 4.69) is 0 Å². The minimum atomic E-state index is -3.77. The molecule has 0 unspecified atom stereocenters. The maximum atomic E-state index is 12.8. The van der Waals surface area contributed by atoms with Gasteiger partial charge >= 0.3 is 0 Å². The van der Waals surface area contributed by atoms with Gasteiger partial charge in [-0.1, -0.05) is 55.2 Å². The zero-order valence-electron chi connectivity index (χ0n) is 15.4. The fourth-order valence-corrected chi connectivity index (χ4v) is 4.86. The number of rotatable bonds is 7. The fraction of sp³-hybridized carbons (Fsp3) is 0.316. The smallest absolute Gasteiger partial charge is 0.253 e. The van der Waals surface area contributed by atoms with E-state index in [4.69, 9.17) is 23.2 Å². The summed E-state index contributed by atoms with van der Waals surface area (Å²) in [6.07, 6.45) is 0. The van der Waals surface area contributed by atoms with Gasteiger partial charge in [-0.05, 0) is 29.8 Å². The number of carbonyl (C=O) groups excluding carboxylic acids is 1.